The van der Waals surface area contributed by atoms with Crippen LogP contribution in [0.4, 0.5) is 0 Å². The van der Waals surface area contributed by atoms with Crippen molar-refractivity contribution in [1.82, 2.24) is 0 Å². The van der Waals surface area contributed by atoms with Crippen molar-refractivity contribution in [3.63, 3.8) is 0 Å². The summed E-state index contributed by atoms with van der Waals surface area (Å²) >= 11 is 11.8. The summed E-state index contributed by atoms with van der Waals surface area (Å²) in [5, 5.41) is 1.08. The third-order valence-corrected chi connectivity index (χ3v) is 4.91. The topological polar surface area (TPSA) is 46.5 Å². The van der Waals surface area contributed by atoms with Gasteiger partial charge in [-0.2, -0.15) is 0 Å². The average molecular weight is 292 g/mol. The van der Waals surface area contributed by atoms with Crippen LogP contribution >= 0.6 is 23.2 Å². The Bertz CT molecular complexity index is 555. The van der Waals surface area contributed by atoms with Crippen LogP contribution in [0.5, 0.6) is 0 Å². The highest BCUT2D eigenvalue weighted by Gasteiger charge is 2.26. The monoisotopic (exact) mass is 291 g/mol. The predicted molar refractivity (Wildman–Crippen MR) is 71.1 cm³/mol. The molecule has 2 rings (SSSR count). The minimum atomic E-state index is -2.88. The van der Waals surface area contributed by atoms with E-state index in [0.29, 0.717) is 16.5 Å². The van der Waals surface area contributed by atoms with Gasteiger partial charge in [-0.25, -0.2) is 8.42 Å². The first-order chi connectivity index (χ1) is 7.96. The second-order valence-electron chi connectivity index (χ2n) is 4.00. The molecule has 1 saturated heterocycles. The number of sulfone groups is 1. The standard InChI is InChI=1S/C11H11Cl2NO2S/c12-9-2-1-8(11(13)5-9)6-14-10-3-4-17(15,16)7-10/h1-2,5-6,10H,3-4,7H2/t10-/m1/s1. The quantitative estimate of drug-likeness (QED) is 0.787. The lowest BCUT2D eigenvalue weighted by Gasteiger charge is -2.01. The molecule has 0 saturated carbocycles. The van der Waals surface area contributed by atoms with E-state index in [-0.39, 0.29) is 17.5 Å². The minimum Gasteiger partial charge on any atom is -0.288 e. The van der Waals surface area contributed by atoms with Crippen molar-refractivity contribution >= 4 is 39.3 Å². The zero-order chi connectivity index (χ0) is 12.5. The van der Waals surface area contributed by atoms with Gasteiger partial charge >= 0.3 is 0 Å². The molecular formula is C11H11Cl2NO2S. The third kappa shape index (κ3) is 3.44. The van der Waals surface area contributed by atoms with Crippen LogP contribution < -0.4 is 0 Å². The van der Waals surface area contributed by atoms with Gasteiger partial charge in [0, 0.05) is 16.8 Å². The summed E-state index contributed by atoms with van der Waals surface area (Å²) < 4.78 is 22.5. The van der Waals surface area contributed by atoms with Gasteiger partial charge in [0.1, 0.15) is 0 Å². The summed E-state index contributed by atoms with van der Waals surface area (Å²) in [4.78, 5) is 4.25. The van der Waals surface area contributed by atoms with Gasteiger partial charge in [0.05, 0.1) is 22.6 Å². The number of benzene rings is 1. The predicted octanol–water partition coefficient (Wildman–Crippen LogP) is 2.60. The average Bonchev–Trinajstić information content (AvgIpc) is 2.57. The number of halogens is 2. The van der Waals surface area contributed by atoms with Gasteiger partial charge in [-0.15, -0.1) is 0 Å². The Labute approximate surface area is 110 Å². The molecule has 17 heavy (non-hydrogen) atoms. The molecule has 1 aliphatic heterocycles. The first kappa shape index (κ1) is 12.9. The fraction of sp³-hybridized carbons (Fsp3) is 0.364. The van der Waals surface area contributed by atoms with Crippen molar-refractivity contribution in [3.05, 3.63) is 33.8 Å². The zero-order valence-corrected chi connectivity index (χ0v) is 11.3. The molecule has 1 aliphatic rings. The highest BCUT2D eigenvalue weighted by atomic mass is 35.5. The normalized spacial score (nSPS) is 23.3. The summed E-state index contributed by atoms with van der Waals surface area (Å²) in [7, 11) is -2.88. The highest BCUT2D eigenvalue weighted by molar-refractivity contribution is 7.91. The zero-order valence-electron chi connectivity index (χ0n) is 8.94. The van der Waals surface area contributed by atoms with E-state index in [4.69, 9.17) is 23.2 Å². The van der Waals surface area contributed by atoms with Crippen LogP contribution in [0.25, 0.3) is 0 Å². The van der Waals surface area contributed by atoms with Gasteiger partial charge in [0.15, 0.2) is 9.84 Å². The molecule has 1 aromatic carbocycles. The van der Waals surface area contributed by atoms with Crippen LogP contribution in [-0.2, 0) is 9.84 Å². The van der Waals surface area contributed by atoms with E-state index in [1.165, 1.54) is 0 Å². The second kappa shape index (κ2) is 4.96. The van der Waals surface area contributed by atoms with E-state index >= 15 is 0 Å². The Morgan fingerprint density at radius 1 is 1.35 bits per heavy atom. The molecule has 1 heterocycles. The SMILES string of the molecule is O=S1(=O)CC[C@@H](N=Cc2ccc(Cl)cc2Cl)C1. The molecule has 0 amide bonds. The molecule has 3 nitrogen and oxygen atoms in total. The number of aliphatic imine (C=N–C) groups is 1. The summed E-state index contributed by atoms with van der Waals surface area (Å²) in [5.41, 5.74) is 0.750. The summed E-state index contributed by atoms with van der Waals surface area (Å²) in [6.45, 7) is 0. The Hall–Kier alpha value is -0.580. The fourth-order valence-electron chi connectivity index (χ4n) is 1.68. The fourth-order valence-corrected chi connectivity index (χ4v) is 3.78. The van der Waals surface area contributed by atoms with Gasteiger partial charge in [-0.05, 0) is 18.6 Å². The molecule has 0 aromatic heterocycles. The van der Waals surface area contributed by atoms with E-state index in [0.717, 1.165) is 5.56 Å². The molecule has 1 fully saturated rings. The Morgan fingerprint density at radius 3 is 2.71 bits per heavy atom. The van der Waals surface area contributed by atoms with Crippen LogP contribution in [0.15, 0.2) is 23.2 Å². The highest BCUT2D eigenvalue weighted by Crippen LogP contribution is 2.20. The van der Waals surface area contributed by atoms with Crippen LogP contribution in [0, 0.1) is 0 Å². The molecule has 1 aromatic rings. The van der Waals surface area contributed by atoms with Crippen molar-refractivity contribution in [1.29, 1.82) is 0 Å². The molecule has 6 heteroatoms. The van der Waals surface area contributed by atoms with Crippen molar-refractivity contribution in [2.45, 2.75) is 12.5 Å². The van der Waals surface area contributed by atoms with E-state index in [1.807, 2.05) is 0 Å². The summed E-state index contributed by atoms with van der Waals surface area (Å²) in [6, 6.07) is 4.97. The molecule has 0 N–H and O–H groups in total. The molecule has 1 atom stereocenters. The molecule has 0 unspecified atom stereocenters. The summed E-state index contributed by atoms with van der Waals surface area (Å²) in [5.74, 6) is 0.359. The first-order valence-electron chi connectivity index (χ1n) is 5.15. The van der Waals surface area contributed by atoms with Crippen molar-refractivity contribution in [3.8, 4) is 0 Å². The van der Waals surface area contributed by atoms with Gasteiger partial charge in [0.25, 0.3) is 0 Å². The van der Waals surface area contributed by atoms with Crippen LogP contribution in [0.1, 0.15) is 12.0 Å². The lowest BCUT2D eigenvalue weighted by molar-refractivity contribution is 0.601. The molecule has 92 valence electrons. The number of hydrogen-bond donors (Lipinski definition) is 0. The summed E-state index contributed by atoms with van der Waals surface area (Å²) in [6.07, 6.45) is 2.20. The van der Waals surface area contributed by atoms with Gasteiger partial charge < -0.3 is 0 Å². The Kier molecular flexibility index (Phi) is 3.76. The second-order valence-corrected chi connectivity index (χ2v) is 7.07. The van der Waals surface area contributed by atoms with E-state index in [2.05, 4.69) is 4.99 Å². The lowest BCUT2D eigenvalue weighted by Crippen LogP contribution is -2.07. The Morgan fingerprint density at radius 2 is 2.12 bits per heavy atom. The molecular weight excluding hydrogens is 281 g/mol. The first-order valence-corrected chi connectivity index (χ1v) is 7.73. The molecule has 0 bridgehead atoms. The maximum atomic E-state index is 11.2. The van der Waals surface area contributed by atoms with Crippen LogP contribution in [0.2, 0.25) is 10.0 Å². The number of hydrogen-bond acceptors (Lipinski definition) is 3. The molecule has 0 aliphatic carbocycles. The smallest absolute Gasteiger partial charge is 0.152 e. The number of nitrogens with zero attached hydrogens (tertiary/aromatic N) is 1. The van der Waals surface area contributed by atoms with E-state index in [9.17, 15) is 8.42 Å². The largest absolute Gasteiger partial charge is 0.288 e. The van der Waals surface area contributed by atoms with Crippen molar-refractivity contribution in [2.24, 2.45) is 4.99 Å². The lowest BCUT2D eigenvalue weighted by atomic mass is 10.2. The maximum absolute atomic E-state index is 11.2. The minimum absolute atomic E-state index is 0.134. The van der Waals surface area contributed by atoms with Crippen molar-refractivity contribution < 1.29 is 8.42 Å². The van der Waals surface area contributed by atoms with Gasteiger partial charge in [-0.3, -0.25) is 4.99 Å². The van der Waals surface area contributed by atoms with E-state index in [1.54, 1.807) is 24.4 Å². The van der Waals surface area contributed by atoms with Gasteiger partial charge in [-0.1, -0.05) is 29.3 Å². The van der Waals surface area contributed by atoms with Gasteiger partial charge in [0.2, 0.25) is 0 Å². The Balaban J connectivity index is 2.11. The van der Waals surface area contributed by atoms with Crippen LogP contribution in [0.3, 0.4) is 0 Å². The molecule has 0 radical (unpaired) electrons. The number of rotatable bonds is 2. The van der Waals surface area contributed by atoms with Crippen molar-refractivity contribution in [2.75, 3.05) is 11.5 Å². The van der Waals surface area contributed by atoms with Crippen LogP contribution in [-0.4, -0.2) is 32.2 Å². The third-order valence-electron chi connectivity index (χ3n) is 2.60. The maximum Gasteiger partial charge on any atom is 0.152 e. The van der Waals surface area contributed by atoms with E-state index < -0.39 is 9.84 Å². The molecule has 0 spiro atoms.